The normalized spacial score (nSPS) is 18.2. The van der Waals surface area contributed by atoms with Gasteiger partial charge in [-0.25, -0.2) is 0 Å². The van der Waals surface area contributed by atoms with Crippen molar-refractivity contribution in [2.45, 2.75) is 12.8 Å². The summed E-state index contributed by atoms with van der Waals surface area (Å²) in [5, 5.41) is 6.84. The van der Waals surface area contributed by atoms with E-state index in [2.05, 4.69) is 15.6 Å². The fourth-order valence-corrected chi connectivity index (χ4v) is 2.66. The van der Waals surface area contributed by atoms with E-state index in [0.717, 1.165) is 25.9 Å². The minimum absolute atomic E-state index is 0.0338. The Labute approximate surface area is 118 Å². The van der Waals surface area contributed by atoms with Crippen molar-refractivity contribution in [3.05, 3.63) is 23.0 Å². The number of aromatic amines is 1. The predicted molar refractivity (Wildman–Crippen MR) is 74.5 cm³/mol. The van der Waals surface area contributed by atoms with Crippen LogP contribution >= 0.6 is 11.6 Å². The Hall–Kier alpha value is -1.04. The number of halogens is 1. The molecule has 0 spiro atoms. The van der Waals surface area contributed by atoms with E-state index in [1.165, 1.54) is 0 Å². The molecule has 0 aliphatic carbocycles. The molecule has 2 rings (SSSR count). The first kappa shape index (κ1) is 14.4. The van der Waals surface area contributed by atoms with Crippen LogP contribution in [0, 0.1) is 5.41 Å². The first-order chi connectivity index (χ1) is 9.15. The molecule has 19 heavy (non-hydrogen) atoms. The first-order valence-electron chi connectivity index (χ1n) is 6.47. The van der Waals surface area contributed by atoms with E-state index in [1.807, 2.05) is 0 Å². The number of nitrogens with one attached hydrogen (secondary N) is 3. The van der Waals surface area contributed by atoms with Crippen LogP contribution in [0.3, 0.4) is 0 Å². The van der Waals surface area contributed by atoms with E-state index >= 15 is 0 Å². The van der Waals surface area contributed by atoms with Crippen molar-refractivity contribution in [1.82, 2.24) is 15.6 Å². The number of rotatable bonds is 5. The summed E-state index contributed by atoms with van der Waals surface area (Å²) in [6.45, 7) is 3.22. The van der Waals surface area contributed by atoms with Gasteiger partial charge in [-0.05, 0) is 32.0 Å². The molecule has 1 aromatic heterocycles. The lowest BCUT2D eigenvalue weighted by Gasteiger charge is -2.37. The maximum atomic E-state index is 12.0. The third-order valence-corrected chi connectivity index (χ3v) is 3.85. The molecule has 1 aliphatic rings. The van der Waals surface area contributed by atoms with E-state index < -0.39 is 0 Å². The van der Waals surface area contributed by atoms with Crippen LogP contribution in [0.5, 0.6) is 0 Å². The number of hydrogen-bond donors (Lipinski definition) is 3. The average molecular weight is 286 g/mol. The lowest BCUT2D eigenvalue weighted by Crippen LogP contribution is -2.47. The van der Waals surface area contributed by atoms with Gasteiger partial charge in [0.05, 0.1) is 11.6 Å². The van der Waals surface area contributed by atoms with Crippen molar-refractivity contribution in [2.24, 2.45) is 5.41 Å². The number of H-pyrrole nitrogens is 1. The molecule has 1 amide bonds. The summed E-state index contributed by atoms with van der Waals surface area (Å²) in [5.74, 6) is -0.124. The van der Waals surface area contributed by atoms with Crippen molar-refractivity contribution < 1.29 is 9.53 Å². The van der Waals surface area contributed by atoms with Crippen LogP contribution in [0.4, 0.5) is 0 Å². The van der Waals surface area contributed by atoms with Gasteiger partial charge >= 0.3 is 0 Å². The molecule has 2 heterocycles. The molecule has 1 aliphatic heterocycles. The molecule has 3 N–H and O–H groups in total. The Balaban J connectivity index is 1.93. The molecule has 0 atom stereocenters. The van der Waals surface area contributed by atoms with Gasteiger partial charge in [-0.2, -0.15) is 0 Å². The van der Waals surface area contributed by atoms with Gasteiger partial charge in [0.1, 0.15) is 5.69 Å². The summed E-state index contributed by atoms with van der Waals surface area (Å²) in [6, 6.07) is 1.63. The van der Waals surface area contributed by atoms with Crippen LogP contribution in [-0.4, -0.2) is 44.2 Å². The lowest BCUT2D eigenvalue weighted by atomic mass is 9.79. The van der Waals surface area contributed by atoms with Crippen LogP contribution in [0.25, 0.3) is 0 Å². The Kier molecular flexibility index (Phi) is 4.85. The number of hydrogen-bond acceptors (Lipinski definition) is 3. The van der Waals surface area contributed by atoms with E-state index in [9.17, 15) is 4.79 Å². The molecule has 106 valence electrons. The summed E-state index contributed by atoms with van der Waals surface area (Å²) in [6.07, 6.45) is 3.62. The number of aromatic nitrogens is 1. The molecular formula is C13H20ClN3O2. The highest BCUT2D eigenvalue weighted by Gasteiger charge is 2.32. The Morgan fingerprint density at radius 2 is 2.26 bits per heavy atom. The molecule has 0 saturated carbocycles. The largest absolute Gasteiger partial charge is 0.384 e. The molecule has 1 saturated heterocycles. The average Bonchev–Trinajstić information content (AvgIpc) is 2.84. The highest BCUT2D eigenvalue weighted by molar-refractivity contribution is 6.30. The van der Waals surface area contributed by atoms with E-state index in [4.69, 9.17) is 16.3 Å². The van der Waals surface area contributed by atoms with Gasteiger partial charge in [0, 0.05) is 25.3 Å². The molecule has 1 aromatic rings. The summed E-state index contributed by atoms with van der Waals surface area (Å²) in [7, 11) is 1.70. The standard InChI is InChI=1S/C13H20ClN3O2/c1-19-9-13(2-4-15-5-3-13)8-17-12(18)11-6-10(14)7-16-11/h6-7,15-16H,2-5,8-9H2,1H3,(H,17,18). The zero-order valence-electron chi connectivity index (χ0n) is 11.1. The van der Waals surface area contributed by atoms with Gasteiger partial charge in [-0.15, -0.1) is 0 Å². The fourth-order valence-electron chi connectivity index (χ4n) is 2.50. The van der Waals surface area contributed by atoms with Crippen molar-refractivity contribution in [1.29, 1.82) is 0 Å². The number of piperidine rings is 1. The van der Waals surface area contributed by atoms with Crippen LogP contribution in [-0.2, 0) is 4.74 Å². The fraction of sp³-hybridized carbons (Fsp3) is 0.615. The zero-order valence-corrected chi connectivity index (χ0v) is 11.8. The third-order valence-electron chi connectivity index (χ3n) is 3.63. The van der Waals surface area contributed by atoms with Gasteiger partial charge in [0.25, 0.3) is 5.91 Å². The van der Waals surface area contributed by atoms with Gasteiger partial charge in [-0.1, -0.05) is 11.6 Å². The molecule has 0 bridgehead atoms. The zero-order chi connectivity index (χ0) is 13.7. The van der Waals surface area contributed by atoms with Gasteiger partial charge in [0.2, 0.25) is 0 Å². The molecule has 0 unspecified atom stereocenters. The molecule has 0 radical (unpaired) electrons. The van der Waals surface area contributed by atoms with Crippen molar-refractivity contribution in [3.63, 3.8) is 0 Å². The van der Waals surface area contributed by atoms with Crippen LogP contribution < -0.4 is 10.6 Å². The topological polar surface area (TPSA) is 66.1 Å². The second-order valence-corrected chi connectivity index (χ2v) is 5.53. The smallest absolute Gasteiger partial charge is 0.267 e. The maximum Gasteiger partial charge on any atom is 0.267 e. The van der Waals surface area contributed by atoms with E-state index in [0.29, 0.717) is 23.9 Å². The second kappa shape index (κ2) is 6.41. The third kappa shape index (κ3) is 3.72. The molecule has 0 aromatic carbocycles. The number of carbonyl (C=O) groups is 1. The van der Waals surface area contributed by atoms with Crippen LogP contribution in [0.1, 0.15) is 23.3 Å². The van der Waals surface area contributed by atoms with Gasteiger partial charge < -0.3 is 20.4 Å². The number of carbonyl (C=O) groups excluding carboxylic acids is 1. The van der Waals surface area contributed by atoms with Crippen molar-refractivity contribution in [3.8, 4) is 0 Å². The van der Waals surface area contributed by atoms with E-state index in [-0.39, 0.29) is 11.3 Å². The van der Waals surface area contributed by atoms with Gasteiger partial charge in [-0.3, -0.25) is 4.79 Å². The van der Waals surface area contributed by atoms with Crippen molar-refractivity contribution in [2.75, 3.05) is 33.4 Å². The van der Waals surface area contributed by atoms with E-state index in [1.54, 1.807) is 19.4 Å². The summed E-state index contributed by atoms with van der Waals surface area (Å²) < 4.78 is 5.32. The summed E-state index contributed by atoms with van der Waals surface area (Å²) in [4.78, 5) is 14.8. The Bertz CT molecular complexity index is 422. The molecule has 5 nitrogen and oxygen atoms in total. The van der Waals surface area contributed by atoms with Crippen molar-refractivity contribution >= 4 is 17.5 Å². The summed E-state index contributed by atoms with van der Waals surface area (Å²) in [5.41, 5.74) is 0.526. The quantitative estimate of drug-likeness (QED) is 0.766. The minimum Gasteiger partial charge on any atom is -0.384 e. The molecule has 6 heteroatoms. The second-order valence-electron chi connectivity index (χ2n) is 5.10. The predicted octanol–water partition coefficient (Wildman–Crippen LogP) is 1.41. The minimum atomic E-state index is -0.124. The number of methoxy groups -OCH3 is 1. The Morgan fingerprint density at radius 1 is 1.53 bits per heavy atom. The SMILES string of the molecule is COCC1(CNC(=O)c2cc(Cl)c[nH]2)CCNCC1. The summed E-state index contributed by atoms with van der Waals surface area (Å²) >= 11 is 5.79. The molecule has 1 fully saturated rings. The highest BCUT2D eigenvalue weighted by atomic mass is 35.5. The maximum absolute atomic E-state index is 12.0. The number of amides is 1. The number of ether oxygens (including phenoxy) is 1. The monoisotopic (exact) mass is 285 g/mol. The van der Waals surface area contributed by atoms with Crippen LogP contribution in [0.15, 0.2) is 12.3 Å². The van der Waals surface area contributed by atoms with Crippen LogP contribution in [0.2, 0.25) is 5.02 Å². The lowest BCUT2D eigenvalue weighted by molar-refractivity contribution is 0.0511. The highest BCUT2D eigenvalue weighted by Crippen LogP contribution is 2.28. The first-order valence-corrected chi connectivity index (χ1v) is 6.85. The van der Waals surface area contributed by atoms with Gasteiger partial charge in [0.15, 0.2) is 0 Å². The Morgan fingerprint density at radius 3 is 2.84 bits per heavy atom. The molecular weight excluding hydrogens is 266 g/mol.